The molecular weight excluding hydrogens is 497 g/mol. The molecule has 10 heteroatoms. The maximum Gasteiger partial charge on any atom is 0.270 e. The Hall–Kier alpha value is -2.39. The molecule has 1 saturated carbocycles. The quantitative estimate of drug-likeness (QED) is 0.297. The third kappa shape index (κ3) is 4.94. The van der Waals surface area contributed by atoms with E-state index in [1.807, 2.05) is 54.0 Å². The molecule has 1 amide bonds. The van der Waals surface area contributed by atoms with Crippen LogP contribution in [0.15, 0.2) is 53.0 Å². The van der Waals surface area contributed by atoms with Crippen LogP contribution >= 0.6 is 46.3 Å². The lowest BCUT2D eigenvalue weighted by Gasteiger charge is -2.14. The molecule has 0 unspecified atom stereocenters. The fourth-order valence-corrected chi connectivity index (χ4v) is 5.44. The maximum absolute atomic E-state index is 12.3. The van der Waals surface area contributed by atoms with Crippen LogP contribution in [0.1, 0.15) is 33.9 Å². The van der Waals surface area contributed by atoms with E-state index in [9.17, 15) is 4.79 Å². The van der Waals surface area contributed by atoms with Crippen LogP contribution in [0.25, 0.3) is 17.1 Å². The summed E-state index contributed by atoms with van der Waals surface area (Å²) in [6.45, 7) is 2.02. The molecule has 0 aliphatic heterocycles. The Morgan fingerprint density at radius 3 is 2.82 bits per heavy atom. The van der Waals surface area contributed by atoms with Crippen molar-refractivity contribution >= 4 is 52.2 Å². The SMILES string of the molecule is Cc1ccc(Cl)cc1-n1c(SCc2nc(C(=O)NC3CC3)cs2)nnc1-c1ccccc1Cl. The lowest BCUT2D eigenvalue weighted by atomic mass is 10.1. The fraction of sp³-hybridized carbons (Fsp3) is 0.217. The van der Waals surface area contributed by atoms with Crippen molar-refractivity contribution in [3.8, 4) is 17.1 Å². The van der Waals surface area contributed by atoms with Crippen LogP contribution in [0.2, 0.25) is 10.0 Å². The largest absolute Gasteiger partial charge is 0.348 e. The molecule has 2 heterocycles. The third-order valence-corrected chi connectivity index (χ3v) is 7.72. The molecule has 0 atom stereocenters. The number of carbonyl (C=O) groups excluding carboxylic acids is 1. The van der Waals surface area contributed by atoms with E-state index in [1.54, 1.807) is 5.38 Å². The Bertz CT molecular complexity index is 1330. The van der Waals surface area contributed by atoms with Crippen molar-refractivity contribution in [2.45, 2.75) is 36.7 Å². The number of rotatable bonds is 7. The van der Waals surface area contributed by atoms with Crippen molar-refractivity contribution in [1.82, 2.24) is 25.1 Å². The lowest BCUT2D eigenvalue weighted by molar-refractivity contribution is 0.0946. The zero-order chi connectivity index (χ0) is 22.9. The van der Waals surface area contributed by atoms with E-state index < -0.39 is 0 Å². The van der Waals surface area contributed by atoms with Crippen molar-refractivity contribution in [3.63, 3.8) is 0 Å². The van der Waals surface area contributed by atoms with Gasteiger partial charge in [-0.3, -0.25) is 9.36 Å². The number of hydrogen-bond donors (Lipinski definition) is 1. The molecule has 0 spiro atoms. The van der Waals surface area contributed by atoms with Gasteiger partial charge in [0.05, 0.1) is 16.5 Å². The molecule has 5 rings (SSSR count). The van der Waals surface area contributed by atoms with Crippen molar-refractivity contribution in [1.29, 1.82) is 0 Å². The molecule has 1 N–H and O–H groups in total. The minimum atomic E-state index is -0.108. The first-order valence-corrected chi connectivity index (χ1v) is 13.0. The Morgan fingerprint density at radius 2 is 2.03 bits per heavy atom. The Balaban J connectivity index is 1.46. The average Bonchev–Trinajstić information content (AvgIpc) is 3.32. The highest BCUT2D eigenvalue weighted by Crippen LogP contribution is 2.35. The van der Waals surface area contributed by atoms with E-state index in [0.29, 0.717) is 38.5 Å². The lowest BCUT2D eigenvalue weighted by Crippen LogP contribution is -2.25. The number of hydrogen-bond acceptors (Lipinski definition) is 6. The van der Waals surface area contributed by atoms with Crippen LogP contribution in [0.5, 0.6) is 0 Å². The molecule has 0 saturated heterocycles. The highest BCUT2D eigenvalue weighted by Gasteiger charge is 2.25. The smallest absolute Gasteiger partial charge is 0.270 e. The molecule has 33 heavy (non-hydrogen) atoms. The molecule has 6 nitrogen and oxygen atoms in total. The second-order valence-corrected chi connectivity index (χ2v) is 10.4. The Labute approximate surface area is 209 Å². The number of carbonyl (C=O) groups is 1. The number of thiazole rings is 1. The number of benzene rings is 2. The van der Waals surface area contributed by atoms with Crippen LogP contribution in [0.4, 0.5) is 0 Å². The maximum atomic E-state index is 12.3. The summed E-state index contributed by atoms with van der Waals surface area (Å²) < 4.78 is 1.97. The van der Waals surface area contributed by atoms with Gasteiger partial charge in [-0.2, -0.15) is 0 Å². The third-order valence-electron chi connectivity index (χ3n) is 5.18. The van der Waals surface area contributed by atoms with E-state index in [1.165, 1.54) is 23.1 Å². The van der Waals surface area contributed by atoms with Crippen molar-refractivity contribution in [3.05, 3.63) is 74.2 Å². The molecule has 1 fully saturated rings. The number of nitrogens with one attached hydrogen (secondary N) is 1. The normalized spacial score (nSPS) is 13.3. The van der Waals surface area contributed by atoms with E-state index >= 15 is 0 Å². The number of thioether (sulfide) groups is 1. The predicted molar refractivity (Wildman–Crippen MR) is 134 cm³/mol. The minimum Gasteiger partial charge on any atom is -0.348 e. The molecule has 0 radical (unpaired) electrons. The van der Waals surface area contributed by atoms with Crippen LogP contribution in [0, 0.1) is 6.92 Å². The molecule has 4 aromatic rings. The first kappa shape index (κ1) is 22.4. The summed E-state index contributed by atoms with van der Waals surface area (Å²) >= 11 is 15.8. The monoisotopic (exact) mass is 515 g/mol. The highest BCUT2D eigenvalue weighted by atomic mass is 35.5. The number of halogens is 2. The second kappa shape index (κ2) is 9.46. The van der Waals surface area contributed by atoms with Crippen LogP contribution < -0.4 is 5.32 Å². The number of amides is 1. The minimum absolute atomic E-state index is 0.108. The zero-order valence-electron chi connectivity index (χ0n) is 17.6. The van der Waals surface area contributed by atoms with Gasteiger partial charge < -0.3 is 5.32 Å². The topological polar surface area (TPSA) is 72.7 Å². The first-order chi connectivity index (χ1) is 16.0. The Kier molecular flexibility index (Phi) is 6.42. The number of aromatic nitrogens is 4. The standard InChI is InChI=1S/C23H19Cl2N5OS2/c1-13-6-7-14(24)10-19(13)30-21(16-4-2-3-5-17(16)25)28-29-23(30)33-12-20-27-18(11-32-20)22(31)26-15-8-9-15/h2-7,10-11,15H,8-9,12H2,1H3,(H,26,31). The summed E-state index contributed by atoms with van der Waals surface area (Å²) in [5.41, 5.74) is 3.16. The number of nitrogens with zero attached hydrogens (tertiary/aromatic N) is 4. The van der Waals surface area contributed by atoms with E-state index in [2.05, 4.69) is 20.5 Å². The zero-order valence-corrected chi connectivity index (χ0v) is 20.7. The van der Waals surface area contributed by atoms with Gasteiger partial charge in [-0.1, -0.05) is 53.2 Å². The summed E-state index contributed by atoms with van der Waals surface area (Å²) in [5.74, 6) is 1.09. The molecule has 2 aromatic heterocycles. The molecule has 1 aliphatic carbocycles. The van der Waals surface area contributed by atoms with Gasteiger partial charge >= 0.3 is 0 Å². The summed E-state index contributed by atoms with van der Waals surface area (Å²) in [6, 6.07) is 13.6. The van der Waals surface area contributed by atoms with Gasteiger partial charge in [-0.25, -0.2) is 4.98 Å². The molecular formula is C23H19Cl2N5OS2. The van der Waals surface area contributed by atoms with Gasteiger partial charge in [0, 0.05) is 22.0 Å². The summed E-state index contributed by atoms with van der Waals surface area (Å²) in [7, 11) is 0. The molecule has 1 aliphatic rings. The molecule has 0 bridgehead atoms. The average molecular weight is 516 g/mol. The first-order valence-electron chi connectivity index (χ1n) is 10.3. The molecule has 168 valence electrons. The van der Waals surface area contributed by atoms with Gasteiger partial charge in [0.25, 0.3) is 5.91 Å². The van der Waals surface area contributed by atoms with Crippen LogP contribution in [-0.2, 0) is 5.75 Å². The van der Waals surface area contributed by atoms with Crippen LogP contribution in [0.3, 0.4) is 0 Å². The summed E-state index contributed by atoms with van der Waals surface area (Å²) in [6.07, 6.45) is 2.09. The number of aryl methyl sites for hydroxylation is 1. The van der Waals surface area contributed by atoms with Crippen molar-refractivity contribution < 1.29 is 4.79 Å². The van der Waals surface area contributed by atoms with Crippen LogP contribution in [-0.4, -0.2) is 31.7 Å². The second-order valence-electron chi connectivity index (χ2n) is 7.72. The van der Waals surface area contributed by atoms with E-state index in [-0.39, 0.29) is 5.91 Å². The highest BCUT2D eigenvalue weighted by molar-refractivity contribution is 7.98. The Morgan fingerprint density at radius 1 is 1.21 bits per heavy atom. The van der Waals surface area contributed by atoms with E-state index in [0.717, 1.165) is 34.7 Å². The van der Waals surface area contributed by atoms with Gasteiger partial charge in [-0.15, -0.1) is 21.5 Å². The summed E-state index contributed by atoms with van der Waals surface area (Å²) in [4.78, 5) is 16.8. The van der Waals surface area contributed by atoms with Gasteiger partial charge in [-0.05, 0) is 49.6 Å². The van der Waals surface area contributed by atoms with Gasteiger partial charge in [0.15, 0.2) is 11.0 Å². The van der Waals surface area contributed by atoms with Crippen molar-refractivity contribution in [2.75, 3.05) is 0 Å². The van der Waals surface area contributed by atoms with Gasteiger partial charge in [0.2, 0.25) is 0 Å². The molecule has 2 aromatic carbocycles. The predicted octanol–water partition coefficient (Wildman–Crippen LogP) is 6.19. The van der Waals surface area contributed by atoms with E-state index in [4.69, 9.17) is 23.2 Å². The fourth-order valence-electron chi connectivity index (χ4n) is 3.32. The van der Waals surface area contributed by atoms with Crippen molar-refractivity contribution in [2.24, 2.45) is 0 Å². The van der Waals surface area contributed by atoms with Gasteiger partial charge in [0.1, 0.15) is 10.7 Å². The summed E-state index contributed by atoms with van der Waals surface area (Å²) in [5, 5.41) is 16.4.